The molecule has 2 fully saturated rings. The van der Waals surface area contributed by atoms with Crippen LogP contribution in [0.15, 0.2) is 0 Å². The first-order valence-corrected chi connectivity index (χ1v) is 8.12. The molecule has 0 amide bonds. The number of nitrogens with zero attached hydrogens (tertiary/aromatic N) is 1. The molecule has 0 heterocycles. The van der Waals surface area contributed by atoms with Gasteiger partial charge in [-0.2, -0.15) is 0 Å². The highest BCUT2D eigenvalue weighted by Crippen LogP contribution is 2.35. The molecule has 0 saturated heterocycles. The summed E-state index contributed by atoms with van der Waals surface area (Å²) in [6.07, 6.45) is 4.75. The van der Waals surface area contributed by atoms with Crippen molar-refractivity contribution in [2.24, 2.45) is 11.8 Å². The lowest BCUT2D eigenvalue weighted by molar-refractivity contribution is 0.378. The van der Waals surface area contributed by atoms with Gasteiger partial charge in [-0.3, -0.25) is 0 Å². The van der Waals surface area contributed by atoms with Gasteiger partial charge in [0, 0.05) is 19.0 Å². The summed E-state index contributed by atoms with van der Waals surface area (Å²) < 4.78 is 26.2. The summed E-state index contributed by atoms with van der Waals surface area (Å²) in [6.45, 7) is 3.15. The molecule has 0 aliphatic heterocycles. The second kappa shape index (κ2) is 4.83. The molecule has 0 bridgehead atoms. The molecule has 2 aliphatic rings. The molecule has 94 valence electrons. The number of halogens is 1. The first-order chi connectivity index (χ1) is 7.54. The highest BCUT2D eigenvalue weighted by Gasteiger charge is 2.36. The molecule has 1 unspecified atom stereocenters. The van der Waals surface area contributed by atoms with Gasteiger partial charge in [-0.25, -0.2) is 12.7 Å². The molecule has 0 N–H and O–H groups in total. The van der Waals surface area contributed by atoms with Gasteiger partial charge < -0.3 is 0 Å². The van der Waals surface area contributed by atoms with Crippen LogP contribution < -0.4 is 0 Å². The Balaban J connectivity index is 2.02. The Kier molecular flexibility index (Phi) is 3.82. The van der Waals surface area contributed by atoms with Crippen LogP contribution in [0.2, 0.25) is 0 Å². The monoisotopic (exact) mass is 265 g/mol. The van der Waals surface area contributed by atoms with Crippen LogP contribution in [0.25, 0.3) is 0 Å². The fourth-order valence-corrected chi connectivity index (χ4v) is 3.78. The Morgan fingerprint density at radius 2 is 1.62 bits per heavy atom. The van der Waals surface area contributed by atoms with Crippen LogP contribution in [0.5, 0.6) is 0 Å². The van der Waals surface area contributed by atoms with E-state index in [-0.39, 0.29) is 5.88 Å². The van der Waals surface area contributed by atoms with Gasteiger partial charge >= 0.3 is 0 Å². The van der Waals surface area contributed by atoms with Crippen LogP contribution in [0.3, 0.4) is 0 Å². The van der Waals surface area contributed by atoms with Gasteiger partial charge in [-0.05, 0) is 44.4 Å². The first-order valence-electron chi connectivity index (χ1n) is 6.09. The number of hydrogen-bond donors (Lipinski definition) is 0. The molecule has 0 aromatic rings. The van der Waals surface area contributed by atoms with E-state index in [9.17, 15) is 8.42 Å². The zero-order valence-electron chi connectivity index (χ0n) is 9.73. The van der Waals surface area contributed by atoms with Gasteiger partial charge in [-0.15, -0.1) is 11.6 Å². The summed E-state index contributed by atoms with van der Waals surface area (Å²) in [4.78, 5) is 0. The SMILES string of the molecule is CC(CCl)S(=O)(=O)N(CC1CC1)CC1CC1. The van der Waals surface area contributed by atoms with Crippen molar-refractivity contribution in [3.8, 4) is 0 Å². The Bertz CT molecular complexity index is 322. The third-order valence-corrected chi connectivity index (χ3v) is 6.25. The second-order valence-corrected chi connectivity index (χ2v) is 7.87. The molecule has 0 spiro atoms. The lowest BCUT2D eigenvalue weighted by Crippen LogP contribution is -2.40. The van der Waals surface area contributed by atoms with E-state index in [0.29, 0.717) is 11.8 Å². The third-order valence-electron chi connectivity index (χ3n) is 3.40. The minimum Gasteiger partial charge on any atom is -0.212 e. The average molecular weight is 266 g/mol. The fraction of sp³-hybridized carbons (Fsp3) is 1.00. The van der Waals surface area contributed by atoms with Crippen LogP contribution in [0, 0.1) is 11.8 Å². The molecule has 5 heteroatoms. The maximum absolute atomic E-state index is 12.2. The second-order valence-electron chi connectivity index (χ2n) is 5.21. The molecule has 1 atom stereocenters. The van der Waals surface area contributed by atoms with E-state index in [1.165, 1.54) is 25.7 Å². The standard InChI is InChI=1S/C11H20ClNO2S/c1-9(6-12)16(14,15)13(7-10-2-3-10)8-11-4-5-11/h9-11H,2-8H2,1H3. The fourth-order valence-electron chi connectivity index (χ4n) is 1.79. The number of rotatable bonds is 7. The summed E-state index contributed by atoms with van der Waals surface area (Å²) in [5.41, 5.74) is 0. The maximum atomic E-state index is 12.2. The smallest absolute Gasteiger partial charge is 0.212 e. The average Bonchev–Trinajstić information content (AvgIpc) is 3.09. The lowest BCUT2D eigenvalue weighted by Gasteiger charge is -2.24. The van der Waals surface area contributed by atoms with Gasteiger partial charge in [0.25, 0.3) is 0 Å². The van der Waals surface area contributed by atoms with Crippen molar-refractivity contribution in [3.05, 3.63) is 0 Å². The summed E-state index contributed by atoms with van der Waals surface area (Å²) in [5.74, 6) is 1.40. The number of sulfonamides is 1. The van der Waals surface area contributed by atoms with E-state index in [1.807, 2.05) is 0 Å². The first kappa shape index (κ1) is 12.7. The van der Waals surface area contributed by atoms with Gasteiger partial charge in [-0.1, -0.05) is 0 Å². The summed E-state index contributed by atoms with van der Waals surface area (Å²) in [7, 11) is -3.16. The summed E-state index contributed by atoms with van der Waals surface area (Å²) >= 11 is 5.68. The molecule has 0 aromatic carbocycles. The molecular formula is C11H20ClNO2S. The van der Waals surface area contributed by atoms with Gasteiger partial charge in [0.05, 0.1) is 5.25 Å². The van der Waals surface area contributed by atoms with Gasteiger partial charge in [0.1, 0.15) is 0 Å². The molecule has 0 aromatic heterocycles. The molecule has 16 heavy (non-hydrogen) atoms. The zero-order valence-corrected chi connectivity index (χ0v) is 11.3. The predicted octanol–water partition coefficient (Wildman–Crippen LogP) is 2.07. The zero-order chi connectivity index (χ0) is 11.8. The molecule has 2 rings (SSSR count). The van der Waals surface area contributed by atoms with Crippen LogP contribution in [-0.2, 0) is 10.0 Å². The van der Waals surface area contributed by atoms with E-state index in [2.05, 4.69) is 0 Å². The highest BCUT2D eigenvalue weighted by atomic mass is 35.5. The van der Waals surface area contributed by atoms with Crippen LogP contribution in [-0.4, -0.2) is 36.9 Å². The summed E-state index contributed by atoms with van der Waals surface area (Å²) in [6, 6.07) is 0. The van der Waals surface area contributed by atoms with E-state index in [4.69, 9.17) is 11.6 Å². The van der Waals surface area contributed by atoms with Crippen molar-refractivity contribution >= 4 is 21.6 Å². The minimum atomic E-state index is -3.16. The predicted molar refractivity (Wildman–Crippen MR) is 66.1 cm³/mol. The Morgan fingerprint density at radius 3 is 1.94 bits per heavy atom. The molecule has 3 nitrogen and oxygen atoms in total. The molecule has 2 saturated carbocycles. The van der Waals surface area contributed by atoms with Crippen LogP contribution >= 0.6 is 11.6 Å². The largest absolute Gasteiger partial charge is 0.217 e. The van der Waals surface area contributed by atoms with E-state index in [0.717, 1.165) is 13.1 Å². The topological polar surface area (TPSA) is 37.4 Å². The highest BCUT2D eigenvalue weighted by molar-refractivity contribution is 7.89. The Morgan fingerprint density at radius 1 is 1.19 bits per heavy atom. The molecular weight excluding hydrogens is 246 g/mol. The lowest BCUT2D eigenvalue weighted by atomic mass is 10.4. The van der Waals surface area contributed by atoms with Crippen LogP contribution in [0.4, 0.5) is 0 Å². The van der Waals surface area contributed by atoms with Crippen molar-refractivity contribution in [2.75, 3.05) is 19.0 Å². The number of alkyl halides is 1. The van der Waals surface area contributed by atoms with Crippen molar-refractivity contribution in [1.82, 2.24) is 4.31 Å². The minimum absolute atomic E-state index is 0.189. The van der Waals surface area contributed by atoms with Gasteiger partial charge in [0.15, 0.2) is 0 Å². The maximum Gasteiger partial charge on any atom is 0.217 e. The van der Waals surface area contributed by atoms with E-state index >= 15 is 0 Å². The Labute approximate surface area is 103 Å². The van der Waals surface area contributed by atoms with Crippen molar-refractivity contribution in [3.63, 3.8) is 0 Å². The molecule has 0 radical (unpaired) electrons. The van der Waals surface area contributed by atoms with Crippen molar-refractivity contribution < 1.29 is 8.42 Å². The van der Waals surface area contributed by atoms with E-state index < -0.39 is 15.3 Å². The third kappa shape index (κ3) is 3.11. The normalized spacial score (nSPS) is 23.7. The quantitative estimate of drug-likeness (QED) is 0.661. The molecule has 2 aliphatic carbocycles. The van der Waals surface area contributed by atoms with Crippen LogP contribution in [0.1, 0.15) is 32.6 Å². The Hall–Kier alpha value is 0.200. The van der Waals surface area contributed by atoms with Crippen molar-refractivity contribution in [2.45, 2.75) is 37.9 Å². The number of hydrogen-bond acceptors (Lipinski definition) is 2. The van der Waals surface area contributed by atoms with E-state index in [1.54, 1.807) is 11.2 Å². The van der Waals surface area contributed by atoms with Gasteiger partial charge in [0.2, 0.25) is 10.0 Å². The summed E-state index contributed by atoms with van der Waals surface area (Å²) in [5, 5.41) is -0.452. The van der Waals surface area contributed by atoms with Crippen molar-refractivity contribution in [1.29, 1.82) is 0 Å².